The first kappa shape index (κ1) is 12.4. The summed E-state index contributed by atoms with van der Waals surface area (Å²) in [6, 6.07) is 8.86. The minimum Gasteiger partial charge on any atom is -0.382 e. The van der Waals surface area contributed by atoms with Crippen molar-refractivity contribution in [3.05, 3.63) is 29.8 Å². The molecule has 0 radical (unpaired) electrons. The number of nitrogens with one attached hydrogen (secondary N) is 1. The lowest BCUT2D eigenvalue weighted by atomic mass is 9.89. The van der Waals surface area contributed by atoms with Gasteiger partial charge in [-0.2, -0.15) is 0 Å². The normalized spacial score (nSPS) is 23.2. The Kier molecular flexibility index (Phi) is 4.40. The van der Waals surface area contributed by atoms with Gasteiger partial charge in [-0.1, -0.05) is 18.2 Å². The number of para-hydroxylation sites is 1. The topological polar surface area (TPSA) is 30.5 Å². The lowest BCUT2D eigenvalue weighted by molar-refractivity contribution is 0.00296. The fraction of sp³-hybridized carbons (Fsp3) is 0.571. The molecule has 0 amide bonds. The van der Waals surface area contributed by atoms with Crippen LogP contribution in [0.2, 0.25) is 0 Å². The second kappa shape index (κ2) is 6.03. The molecule has 1 aliphatic rings. The third kappa shape index (κ3) is 3.20. The van der Waals surface area contributed by atoms with Crippen LogP contribution in [-0.4, -0.2) is 25.9 Å². The Balaban J connectivity index is 1.87. The van der Waals surface area contributed by atoms with Crippen molar-refractivity contribution in [1.82, 2.24) is 0 Å². The average molecular weight is 235 g/mol. The summed E-state index contributed by atoms with van der Waals surface area (Å²) in [4.78, 5) is 0. The van der Waals surface area contributed by atoms with Crippen LogP contribution in [0, 0.1) is 0 Å². The zero-order valence-corrected chi connectivity index (χ0v) is 10.6. The van der Waals surface area contributed by atoms with Crippen LogP contribution in [0.1, 0.15) is 25.3 Å². The maximum Gasteiger partial charge on any atom is 0.0733 e. The maximum atomic E-state index is 5.56. The molecule has 0 saturated heterocycles. The highest BCUT2D eigenvalue weighted by Crippen LogP contribution is 2.28. The van der Waals surface area contributed by atoms with Gasteiger partial charge in [-0.15, -0.1) is 0 Å². The Morgan fingerprint density at radius 2 is 2.06 bits per heavy atom. The van der Waals surface area contributed by atoms with Crippen LogP contribution in [0.3, 0.4) is 0 Å². The fourth-order valence-corrected chi connectivity index (χ4v) is 2.22. The molecule has 0 aromatic heterocycles. The molecule has 2 rings (SSSR count). The minimum absolute atomic E-state index is 0.451. The van der Waals surface area contributed by atoms with Gasteiger partial charge in [0, 0.05) is 31.0 Å². The lowest BCUT2D eigenvalue weighted by Crippen LogP contribution is -2.41. The molecule has 1 aromatic carbocycles. The summed E-state index contributed by atoms with van der Waals surface area (Å²) >= 11 is 0. The van der Waals surface area contributed by atoms with Crippen molar-refractivity contribution in [2.75, 3.05) is 19.0 Å². The first-order valence-corrected chi connectivity index (χ1v) is 6.28. The lowest BCUT2D eigenvalue weighted by Gasteiger charge is -2.36. The number of benzene rings is 1. The quantitative estimate of drug-likeness (QED) is 0.822. The SMILES string of the molecule is CCOC1CC(Nc2ccccc2COC)C1. The number of hydrogen-bond acceptors (Lipinski definition) is 3. The van der Waals surface area contributed by atoms with E-state index in [4.69, 9.17) is 9.47 Å². The molecule has 0 spiro atoms. The van der Waals surface area contributed by atoms with Crippen molar-refractivity contribution in [3.63, 3.8) is 0 Å². The Morgan fingerprint density at radius 1 is 1.29 bits per heavy atom. The van der Waals surface area contributed by atoms with Crippen LogP contribution >= 0.6 is 0 Å². The van der Waals surface area contributed by atoms with E-state index in [1.165, 1.54) is 11.3 Å². The third-order valence-corrected chi connectivity index (χ3v) is 3.17. The highest BCUT2D eigenvalue weighted by atomic mass is 16.5. The third-order valence-electron chi connectivity index (χ3n) is 3.17. The molecule has 3 heteroatoms. The summed E-state index contributed by atoms with van der Waals surface area (Å²) < 4.78 is 10.8. The highest BCUT2D eigenvalue weighted by Gasteiger charge is 2.29. The molecule has 1 aliphatic carbocycles. The van der Waals surface area contributed by atoms with Gasteiger partial charge in [-0.3, -0.25) is 0 Å². The van der Waals surface area contributed by atoms with Gasteiger partial charge >= 0.3 is 0 Å². The molecule has 3 nitrogen and oxygen atoms in total. The Bertz CT molecular complexity index is 348. The summed E-state index contributed by atoms with van der Waals surface area (Å²) in [7, 11) is 1.73. The van der Waals surface area contributed by atoms with Gasteiger partial charge in [-0.05, 0) is 25.8 Å². The molecule has 0 atom stereocenters. The van der Waals surface area contributed by atoms with Gasteiger partial charge in [0.05, 0.1) is 12.7 Å². The smallest absolute Gasteiger partial charge is 0.0733 e. The zero-order chi connectivity index (χ0) is 12.1. The molecule has 1 saturated carbocycles. The monoisotopic (exact) mass is 235 g/mol. The number of ether oxygens (including phenoxy) is 2. The van der Waals surface area contributed by atoms with Crippen molar-refractivity contribution in [2.45, 2.75) is 38.5 Å². The molecule has 0 aliphatic heterocycles. The molecular formula is C14H21NO2. The van der Waals surface area contributed by atoms with Gasteiger partial charge in [0.15, 0.2) is 0 Å². The molecule has 1 fully saturated rings. The molecule has 0 bridgehead atoms. The van der Waals surface area contributed by atoms with E-state index in [2.05, 4.69) is 30.4 Å². The zero-order valence-electron chi connectivity index (χ0n) is 10.6. The van der Waals surface area contributed by atoms with Gasteiger partial charge < -0.3 is 14.8 Å². The van der Waals surface area contributed by atoms with E-state index in [1.54, 1.807) is 7.11 Å². The van der Waals surface area contributed by atoms with Crippen LogP contribution in [0.25, 0.3) is 0 Å². The summed E-state index contributed by atoms with van der Waals surface area (Å²) in [5, 5.41) is 3.56. The van der Waals surface area contributed by atoms with Gasteiger partial charge in [0.1, 0.15) is 0 Å². The van der Waals surface area contributed by atoms with Crippen LogP contribution in [-0.2, 0) is 16.1 Å². The van der Waals surface area contributed by atoms with E-state index in [1.807, 2.05) is 6.07 Å². The van der Waals surface area contributed by atoms with Crippen LogP contribution in [0.15, 0.2) is 24.3 Å². The molecule has 0 heterocycles. The second-order valence-electron chi connectivity index (χ2n) is 4.48. The molecule has 94 valence electrons. The fourth-order valence-electron chi connectivity index (χ4n) is 2.22. The minimum atomic E-state index is 0.451. The summed E-state index contributed by atoms with van der Waals surface area (Å²) in [5.74, 6) is 0. The first-order chi connectivity index (χ1) is 8.33. The molecule has 1 N–H and O–H groups in total. The van der Waals surface area contributed by atoms with E-state index in [0.29, 0.717) is 18.8 Å². The Morgan fingerprint density at radius 3 is 2.76 bits per heavy atom. The number of rotatable bonds is 6. The van der Waals surface area contributed by atoms with E-state index >= 15 is 0 Å². The van der Waals surface area contributed by atoms with Crippen molar-refractivity contribution < 1.29 is 9.47 Å². The van der Waals surface area contributed by atoms with Crippen molar-refractivity contribution in [1.29, 1.82) is 0 Å². The molecule has 1 aromatic rings. The van der Waals surface area contributed by atoms with Crippen LogP contribution in [0.4, 0.5) is 5.69 Å². The van der Waals surface area contributed by atoms with E-state index in [-0.39, 0.29) is 0 Å². The van der Waals surface area contributed by atoms with Gasteiger partial charge in [-0.25, -0.2) is 0 Å². The van der Waals surface area contributed by atoms with Gasteiger partial charge in [0.2, 0.25) is 0 Å². The van der Waals surface area contributed by atoms with Gasteiger partial charge in [0.25, 0.3) is 0 Å². The second-order valence-corrected chi connectivity index (χ2v) is 4.48. The number of hydrogen-bond donors (Lipinski definition) is 1. The Labute approximate surface area is 103 Å². The van der Waals surface area contributed by atoms with E-state index in [9.17, 15) is 0 Å². The summed E-state index contributed by atoms with van der Waals surface area (Å²) in [5.41, 5.74) is 2.41. The summed E-state index contributed by atoms with van der Waals surface area (Å²) in [6.07, 6.45) is 2.66. The van der Waals surface area contributed by atoms with Crippen molar-refractivity contribution in [2.24, 2.45) is 0 Å². The summed E-state index contributed by atoms with van der Waals surface area (Å²) in [6.45, 7) is 3.52. The standard InChI is InChI=1S/C14H21NO2/c1-3-17-13-8-12(9-13)15-14-7-5-4-6-11(14)10-16-2/h4-7,12-13,15H,3,8-10H2,1-2H3. The van der Waals surface area contributed by atoms with Crippen LogP contribution < -0.4 is 5.32 Å². The average Bonchev–Trinajstić information content (AvgIpc) is 2.29. The molecule has 0 unspecified atom stereocenters. The molecular weight excluding hydrogens is 214 g/mol. The Hall–Kier alpha value is -1.06. The predicted octanol–water partition coefficient (Wildman–Crippen LogP) is 2.81. The van der Waals surface area contributed by atoms with Crippen LogP contribution in [0.5, 0.6) is 0 Å². The largest absolute Gasteiger partial charge is 0.382 e. The maximum absolute atomic E-state index is 5.56. The first-order valence-electron chi connectivity index (χ1n) is 6.28. The number of methoxy groups -OCH3 is 1. The molecule has 17 heavy (non-hydrogen) atoms. The van der Waals surface area contributed by atoms with Crippen molar-refractivity contribution >= 4 is 5.69 Å². The predicted molar refractivity (Wildman–Crippen MR) is 69.2 cm³/mol. The van der Waals surface area contributed by atoms with Crippen molar-refractivity contribution in [3.8, 4) is 0 Å². The number of anilines is 1. The van der Waals surface area contributed by atoms with E-state index in [0.717, 1.165) is 19.4 Å². The van der Waals surface area contributed by atoms with E-state index < -0.39 is 0 Å². The highest BCUT2D eigenvalue weighted by molar-refractivity contribution is 5.51.